The van der Waals surface area contributed by atoms with Gasteiger partial charge >= 0.3 is 5.97 Å². The SMILES string of the molecule is Cc1c(C)c(S(=O)(=O)NC(N)=NCCC[C@H](NC(=O)c2cccn(-c3ccccc3)c2=O)C(=O)OC(C)(C)C)c(C)c2c1OC(C)(C)CC2. The van der Waals surface area contributed by atoms with Gasteiger partial charge in [0.15, 0.2) is 0 Å². The number of carbonyl (C=O) groups excluding carboxylic acids is 2. The van der Waals surface area contributed by atoms with Crippen LogP contribution in [0.3, 0.4) is 0 Å². The van der Waals surface area contributed by atoms with Crippen LogP contribution in [-0.4, -0.2) is 54.6 Å². The Kier molecular flexibility index (Phi) is 11.0. The summed E-state index contributed by atoms with van der Waals surface area (Å²) < 4.78 is 42.6. The fourth-order valence-corrected chi connectivity index (χ4v) is 7.31. The lowest BCUT2D eigenvalue weighted by Gasteiger charge is -2.35. The number of esters is 1. The minimum absolute atomic E-state index is 0.0414. The van der Waals surface area contributed by atoms with Crippen LogP contribution in [0.4, 0.5) is 0 Å². The highest BCUT2D eigenvalue weighted by atomic mass is 32.2. The third kappa shape index (κ3) is 8.88. The average Bonchev–Trinajstić information content (AvgIpc) is 3.00. The molecule has 0 fully saturated rings. The molecule has 4 N–H and O–H groups in total. The number of hydrogen-bond acceptors (Lipinski definition) is 8. The van der Waals surface area contributed by atoms with Gasteiger partial charge in [-0.15, -0.1) is 0 Å². The normalized spacial score (nSPS) is 15.1. The molecule has 0 radical (unpaired) electrons. The number of hydrogen-bond donors (Lipinski definition) is 3. The van der Waals surface area contributed by atoms with Crippen LogP contribution in [0.15, 0.2) is 63.3 Å². The lowest BCUT2D eigenvalue weighted by atomic mass is 9.88. The van der Waals surface area contributed by atoms with Crippen molar-refractivity contribution < 1.29 is 27.5 Å². The zero-order chi connectivity index (χ0) is 36.3. The molecule has 0 aliphatic carbocycles. The van der Waals surface area contributed by atoms with Crippen molar-refractivity contribution in [3.63, 3.8) is 0 Å². The molecule has 12 nitrogen and oxygen atoms in total. The highest BCUT2D eigenvalue weighted by Gasteiger charge is 2.34. The van der Waals surface area contributed by atoms with Gasteiger partial charge in [-0.05, 0) is 128 Å². The van der Waals surface area contributed by atoms with Crippen molar-refractivity contribution in [2.75, 3.05) is 6.54 Å². The number of amides is 1. The maximum absolute atomic E-state index is 13.6. The molecule has 49 heavy (non-hydrogen) atoms. The standard InChI is InChI=1S/C36H47N5O7S/c1-22-23(2)30(24(3)26-18-19-36(7,8)47-29(22)26)49(45,46)40-34(37)38-20-12-17-28(33(44)48-35(4,5)6)39-31(42)27-16-13-21-41(32(27)43)25-14-10-9-11-15-25/h9-11,13-16,21,28H,12,17-20H2,1-8H3,(H,39,42)(H3,37,38,40)/t28-/m0/s1. The molecule has 1 amide bonds. The van der Waals surface area contributed by atoms with E-state index in [4.69, 9.17) is 15.2 Å². The fraction of sp³-hybridized carbons (Fsp3) is 0.444. The number of nitrogens with zero attached hydrogens (tertiary/aromatic N) is 2. The van der Waals surface area contributed by atoms with Crippen molar-refractivity contribution in [1.29, 1.82) is 0 Å². The molecular weight excluding hydrogens is 646 g/mol. The summed E-state index contributed by atoms with van der Waals surface area (Å²) in [7, 11) is -4.09. The van der Waals surface area contributed by atoms with Crippen molar-refractivity contribution in [1.82, 2.24) is 14.6 Å². The Morgan fingerprint density at radius 1 is 1.06 bits per heavy atom. The summed E-state index contributed by atoms with van der Waals surface area (Å²) in [5, 5.41) is 2.64. The molecule has 0 spiro atoms. The van der Waals surface area contributed by atoms with E-state index in [-0.39, 0.29) is 41.4 Å². The van der Waals surface area contributed by atoms with Crippen molar-refractivity contribution in [2.45, 2.75) is 103 Å². The number of sulfonamides is 1. The quantitative estimate of drug-likeness (QED) is 0.122. The minimum Gasteiger partial charge on any atom is -0.487 e. The number of fused-ring (bicyclic) bond motifs is 1. The lowest BCUT2D eigenvalue weighted by Crippen LogP contribution is -2.45. The van der Waals surface area contributed by atoms with Crippen LogP contribution in [0, 0.1) is 20.8 Å². The first-order valence-corrected chi connectivity index (χ1v) is 17.7. The van der Waals surface area contributed by atoms with Crippen molar-refractivity contribution >= 4 is 27.9 Å². The molecule has 0 unspecified atom stereocenters. The van der Waals surface area contributed by atoms with Crippen LogP contribution in [0.1, 0.15) is 86.5 Å². The molecule has 0 saturated heterocycles. The Morgan fingerprint density at radius 2 is 1.73 bits per heavy atom. The zero-order valence-corrected chi connectivity index (χ0v) is 30.3. The first-order valence-electron chi connectivity index (χ1n) is 16.3. The Bertz CT molecular complexity index is 1930. The number of carbonyl (C=O) groups is 2. The number of aliphatic imine (C=N–C) groups is 1. The Labute approximate surface area is 288 Å². The molecular formula is C36H47N5O7S. The number of guanidine groups is 1. The number of nitrogens with one attached hydrogen (secondary N) is 2. The molecule has 4 rings (SSSR count). The molecule has 1 aromatic heterocycles. The summed E-state index contributed by atoms with van der Waals surface area (Å²) in [6.07, 6.45) is 3.31. The summed E-state index contributed by atoms with van der Waals surface area (Å²) in [6.45, 7) is 14.5. The summed E-state index contributed by atoms with van der Waals surface area (Å²) in [6, 6.07) is 10.7. The maximum Gasteiger partial charge on any atom is 0.329 e. The third-order valence-corrected chi connectivity index (χ3v) is 9.96. The topological polar surface area (TPSA) is 171 Å². The first kappa shape index (κ1) is 37.2. The fourth-order valence-electron chi connectivity index (χ4n) is 5.78. The van der Waals surface area contributed by atoms with Gasteiger partial charge in [0.2, 0.25) is 5.96 Å². The van der Waals surface area contributed by atoms with Gasteiger partial charge in [-0.3, -0.25) is 19.1 Å². The first-order chi connectivity index (χ1) is 22.8. The third-order valence-electron chi connectivity index (χ3n) is 8.33. The number of rotatable bonds is 10. The average molecular weight is 694 g/mol. The largest absolute Gasteiger partial charge is 0.487 e. The van der Waals surface area contributed by atoms with Crippen LogP contribution in [0.5, 0.6) is 5.75 Å². The predicted octanol–water partition coefficient (Wildman–Crippen LogP) is 4.38. The zero-order valence-electron chi connectivity index (χ0n) is 29.5. The van der Waals surface area contributed by atoms with Gasteiger partial charge in [-0.2, -0.15) is 0 Å². The summed E-state index contributed by atoms with van der Waals surface area (Å²) >= 11 is 0. The number of nitrogens with two attached hydrogens (primary N) is 1. The van der Waals surface area contributed by atoms with Gasteiger partial charge in [0.05, 0.1) is 4.90 Å². The van der Waals surface area contributed by atoms with Gasteiger partial charge in [0.1, 0.15) is 28.6 Å². The Morgan fingerprint density at radius 3 is 2.39 bits per heavy atom. The Hall–Kier alpha value is -4.65. The number of para-hydroxylation sites is 1. The molecule has 13 heteroatoms. The second-order valence-corrected chi connectivity index (χ2v) is 15.5. The second-order valence-electron chi connectivity index (χ2n) is 13.9. The molecule has 0 bridgehead atoms. The van der Waals surface area contributed by atoms with Crippen LogP contribution in [-0.2, 0) is 26.0 Å². The van der Waals surface area contributed by atoms with E-state index in [9.17, 15) is 22.8 Å². The number of benzene rings is 2. The van der Waals surface area contributed by atoms with Crippen LogP contribution in [0.2, 0.25) is 0 Å². The van der Waals surface area contributed by atoms with Crippen molar-refractivity contribution in [3.8, 4) is 11.4 Å². The Balaban J connectivity index is 1.47. The van der Waals surface area contributed by atoms with Gasteiger partial charge in [-0.25, -0.2) is 17.9 Å². The summed E-state index contributed by atoms with van der Waals surface area (Å²) in [5.41, 5.74) is 7.56. The minimum atomic E-state index is -4.09. The van der Waals surface area contributed by atoms with Gasteiger partial charge in [0.25, 0.3) is 21.5 Å². The molecule has 1 aliphatic rings. The highest BCUT2D eigenvalue weighted by molar-refractivity contribution is 7.90. The molecule has 3 aromatic rings. The predicted molar refractivity (Wildman–Crippen MR) is 189 cm³/mol. The van der Waals surface area contributed by atoms with E-state index in [0.717, 1.165) is 23.3 Å². The molecule has 264 valence electrons. The highest BCUT2D eigenvalue weighted by Crippen LogP contribution is 2.42. The molecule has 2 heterocycles. The van der Waals surface area contributed by atoms with Crippen LogP contribution >= 0.6 is 0 Å². The monoisotopic (exact) mass is 693 g/mol. The number of pyridine rings is 1. The van der Waals surface area contributed by atoms with E-state index in [1.54, 1.807) is 71.1 Å². The van der Waals surface area contributed by atoms with Crippen molar-refractivity contribution in [2.24, 2.45) is 10.7 Å². The summed E-state index contributed by atoms with van der Waals surface area (Å²) in [5.74, 6) is -0.997. The van der Waals surface area contributed by atoms with E-state index in [2.05, 4.69) is 15.0 Å². The van der Waals surface area contributed by atoms with Gasteiger partial charge < -0.3 is 20.5 Å². The lowest BCUT2D eigenvalue weighted by molar-refractivity contribution is -0.157. The number of aromatic nitrogens is 1. The molecule has 1 atom stereocenters. The van der Waals surface area contributed by atoms with E-state index in [1.165, 1.54) is 10.6 Å². The van der Waals surface area contributed by atoms with E-state index >= 15 is 0 Å². The molecule has 0 saturated carbocycles. The van der Waals surface area contributed by atoms with Gasteiger partial charge in [0, 0.05) is 18.4 Å². The van der Waals surface area contributed by atoms with Crippen LogP contribution in [0.25, 0.3) is 5.69 Å². The summed E-state index contributed by atoms with van der Waals surface area (Å²) in [4.78, 5) is 43.9. The van der Waals surface area contributed by atoms with E-state index in [0.29, 0.717) is 23.2 Å². The molecule has 2 aromatic carbocycles. The molecule has 1 aliphatic heterocycles. The van der Waals surface area contributed by atoms with E-state index in [1.807, 2.05) is 26.8 Å². The smallest absolute Gasteiger partial charge is 0.329 e. The maximum atomic E-state index is 13.6. The van der Waals surface area contributed by atoms with Crippen molar-refractivity contribution in [3.05, 3.63) is 86.8 Å². The van der Waals surface area contributed by atoms with Gasteiger partial charge in [-0.1, -0.05) is 18.2 Å². The van der Waals surface area contributed by atoms with Crippen LogP contribution < -0.4 is 26.1 Å². The van der Waals surface area contributed by atoms with E-state index < -0.39 is 39.1 Å². The number of ether oxygens (including phenoxy) is 2. The second kappa shape index (κ2) is 14.5.